The summed E-state index contributed by atoms with van der Waals surface area (Å²) in [5, 5.41) is 11.7. The van der Waals surface area contributed by atoms with Gasteiger partial charge in [0, 0.05) is 11.8 Å². The highest BCUT2D eigenvalue weighted by Gasteiger charge is 2.17. The lowest BCUT2D eigenvalue weighted by atomic mass is 10.1. The molecule has 1 N–H and O–H groups in total. The highest BCUT2D eigenvalue weighted by molar-refractivity contribution is 6.32. The molecule has 0 aliphatic heterocycles. The lowest BCUT2D eigenvalue weighted by Gasteiger charge is -2.12. The minimum atomic E-state index is -0.987. The van der Waals surface area contributed by atoms with E-state index < -0.39 is 18.0 Å². The second-order valence-electron chi connectivity index (χ2n) is 5.62. The molecule has 6 heteroatoms. The molecule has 0 fully saturated rings. The summed E-state index contributed by atoms with van der Waals surface area (Å²) in [4.78, 5) is 24.0. The first-order valence-corrected chi connectivity index (χ1v) is 8.22. The van der Waals surface area contributed by atoms with Crippen molar-refractivity contribution in [2.75, 3.05) is 5.32 Å². The summed E-state index contributed by atoms with van der Waals surface area (Å²) in [6.07, 6.45) is 1.91. The Morgan fingerprint density at radius 3 is 2.69 bits per heavy atom. The minimum absolute atomic E-state index is 0.232. The molecule has 5 nitrogen and oxygen atoms in total. The predicted molar refractivity (Wildman–Crippen MR) is 101 cm³/mol. The van der Waals surface area contributed by atoms with E-state index in [4.69, 9.17) is 21.6 Å². The Morgan fingerprint density at radius 2 is 2.04 bits per heavy atom. The van der Waals surface area contributed by atoms with Crippen molar-refractivity contribution >= 4 is 35.2 Å². The second kappa shape index (κ2) is 8.84. The van der Waals surface area contributed by atoms with Crippen molar-refractivity contribution in [2.45, 2.75) is 20.0 Å². The van der Waals surface area contributed by atoms with Crippen molar-refractivity contribution in [3.63, 3.8) is 0 Å². The molecule has 0 bridgehead atoms. The van der Waals surface area contributed by atoms with Crippen LogP contribution in [0, 0.1) is 18.3 Å². The maximum Gasteiger partial charge on any atom is 0.331 e. The first-order valence-electron chi connectivity index (χ1n) is 7.85. The van der Waals surface area contributed by atoms with Gasteiger partial charge in [-0.05, 0) is 43.7 Å². The molecule has 0 unspecified atom stereocenters. The molecule has 0 radical (unpaired) electrons. The molecule has 1 amide bonds. The molecule has 0 saturated heterocycles. The van der Waals surface area contributed by atoms with E-state index in [1.54, 1.807) is 12.1 Å². The van der Waals surface area contributed by atoms with Crippen LogP contribution in [0.5, 0.6) is 0 Å². The van der Waals surface area contributed by atoms with E-state index in [9.17, 15) is 9.59 Å². The predicted octanol–water partition coefficient (Wildman–Crippen LogP) is 4.10. The third-order valence-electron chi connectivity index (χ3n) is 3.47. The number of rotatable bonds is 5. The summed E-state index contributed by atoms with van der Waals surface area (Å²) in [6.45, 7) is 3.43. The fourth-order valence-electron chi connectivity index (χ4n) is 2.13. The Labute approximate surface area is 156 Å². The summed E-state index contributed by atoms with van der Waals surface area (Å²) in [7, 11) is 0. The number of carbonyl (C=O) groups excluding carboxylic acids is 2. The third kappa shape index (κ3) is 5.47. The number of nitrogens with zero attached hydrogens (tertiary/aromatic N) is 1. The highest BCUT2D eigenvalue weighted by atomic mass is 35.5. The molecular weight excluding hydrogens is 352 g/mol. The van der Waals surface area contributed by atoms with Crippen molar-refractivity contribution in [3.8, 4) is 6.07 Å². The summed E-state index contributed by atoms with van der Waals surface area (Å²) < 4.78 is 5.09. The van der Waals surface area contributed by atoms with E-state index in [1.165, 1.54) is 25.1 Å². The molecule has 0 aromatic heterocycles. The summed E-state index contributed by atoms with van der Waals surface area (Å²) >= 11 is 5.92. The smallest absolute Gasteiger partial charge is 0.331 e. The van der Waals surface area contributed by atoms with E-state index in [0.29, 0.717) is 11.3 Å². The number of carbonyl (C=O) groups is 2. The zero-order valence-corrected chi connectivity index (χ0v) is 15.1. The molecule has 2 rings (SSSR count). The Balaban J connectivity index is 1.93. The maximum absolute atomic E-state index is 12.1. The Bertz CT molecular complexity index is 900. The van der Waals surface area contributed by atoms with Crippen molar-refractivity contribution in [1.82, 2.24) is 0 Å². The number of esters is 1. The molecule has 1 atom stereocenters. The second-order valence-corrected chi connectivity index (χ2v) is 6.03. The monoisotopic (exact) mass is 368 g/mol. The van der Waals surface area contributed by atoms with Crippen LogP contribution in [0.3, 0.4) is 0 Å². The lowest BCUT2D eigenvalue weighted by molar-refractivity contribution is -0.148. The molecule has 0 aliphatic rings. The average Bonchev–Trinajstić information content (AvgIpc) is 2.60. The first kappa shape index (κ1) is 19.2. The van der Waals surface area contributed by atoms with Gasteiger partial charge in [-0.1, -0.05) is 41.4 Å². The summed E-state index contributed by atoms with van der Waals surface area (Å²) in [5.74, 6) is -1.12. The SMILES string of the molecule is Cc1cccc(/C=C/C(=O)O[C@H](C)C(=O)Nc2ccc(C#N)c(Cl)c2)c1. The largest absolute Gasteiger partial charge is 0.449 e. The van der Waals surface area contributed by atoms with Crippen LogP contribution in [0.25, 0.3) is 6.08 Å². The molecule has 26 heavy (non-hydrogen) atoms. The van der Waals surface area contributed by atoms with Gasteiger partial charge in [0.15, 0.2) is 6.10 Å². The molecule has 132 valence electrons. The van der Waals surface area contributed by atoms with Gasteiger partial charge in [-0.3, -0.25) is 4.79 Å². The Morgan fingerprint density at radius 1 is 1.27 bits per heavy atom. The van der Waals surface area contributed by atoms with E-state index in [2.05, 4.69) is 5.32 Å². The van der Waals surface area contributed by atoms with Crippen molar-refractivity contribution < 1.29 is 14.3 Å². The van der Waals surface area contributed by atoms with Gasteiger partial charge < -0.3 is 10.1 Å². The van der Waals surface area contributed by atoms with Gasteiger partial charge in [0.25, 0.3) is 5.91 Å². The summed E-state index contributed by atoms with van der Waals surface area (Å²) in [5.41, 5.74) is 2.67. The topological polar surface area (TPSA) is 79.2 Å². The number of nitrogens with one attached hydrogen (secondary N) is 1. The average molecular weight is 369 g/mol. The van der Waals surface area contributed by atoms with Gasteiger partial charge in [-0.15, -0.1) is 0 Å². The standard InChI is InChI=1S/C20H17ClN2O3/c1-13-4-3-5-15(10-13)6-9-19(24)26-14(2)20(25)23-17-8-7-16(12-22)18(21)11-17/h3-11,14H,1-2H3,(H,23,25)/b9-6+/t14-/m1/s1. The zero-order chi connectivity index (χ0) is 19.1. The van der Waals surface area contributed by atoms with Crippen LogP contribution in [-0.4, -0.2) is 18.0 Å². The number of nitriles is 1. The van der Waals surface area contributed by atoms with Gasteiger partial charge in [0.1, 0.15) is 6.07 Å². The van der Waals surface area contributed by atoms with Gasteiger partial charge in [0.2, 0.25) is 0 Å². The van der Waals surface area contributed by atoms with Crippen molar-refractivity contribution in [1.29, 1.82) is 5.26 Å². The number of halogens is 1. The van der Waals surface area contributed by atoms with Crippen molar-refractivity contribution in [3.05, 3.63) is 70.3 Å². The van der Waals surface area contributed by atoms with E-state index in [-0.39, 0.29) is 5.02 Å². The van der Waals surface area contributed by atoms with Crippen molar-refractivity contribution in [2.24, 2.45) is 0 Å². The number of amides is 1. The number of ether oxygens (including phenoxy) is 1. The van der Waals surface area contributed by atoms with Crippen LogP contribution < -0.4 is 5.32 Å². The van der Waals surface area contributed by atoms with Gasteiger partial charge in [-0.2, -0.15) is 5.26 Å². The number of aryl methyl sites for hydroxylation is 1. The fourth-order valence-corrected chi connectivity index (χ4v) is 2.36. The van der Waals surface area contributed by atoms with Crippen LogP contribution >= 0.6 is 11.6 Å². The van der Waals surface area contributed by atoms with Gasteiger partial charge >= 0.3 is 5.97 Å². The Hall–Kier alpha value is -3.10. The molecule has 0 saturated carbocycles. The number of hydrogen-bond donors (Lipinski definition) is 1. The fraction of sp³-hybridized carbons (Fsp3) is 0.150. The molecule has 0 heterocycles. The summed E-state index contributed by atoms with van der Waals surface area (Å²) in [6, 6.07) is 14.1. The first-order chi connectivity index (χ1) is 12.4. The van der Waals surface area contributed by atoms with E-state index in [1.807, 2.05) is 37.3 Å². The highest BCUT2D eigenvalue weighted by Crippen LogP contribution is 2.20. The quantitative estimate of drug-likeness (QED) is 0.636. The lowest BCUT2D eigenvalue weighted by Crippen LogP contribution is -2.29. The third-order valence-corrected chi connectivity index (χ3v) is 3.79. The van der Waals surface area contributed by atoms with E-state index >= 15 is 0 Å². The Kier molecular flexibility index (Phi) is 6.54. The van der Waals surface area contributed by atoms with Gasteiger partial charge in [0.05, 0.1) is 10.6 Å². The van der Waals surface area contributed by atoms with Crippen LogP contribution in [0.2, 0.25) is 5.02 Å². The van der Waals surface area contributed by atoms with Crippen LogP contribution in [0.4, 0.5) is 5.69 Å². The van der Waals surface area contributed by atoms with E-state index in [0.717, 1.165) is 11.1 Å². The van der Waals surface area contributed by atoms with Crippen LogP contribution in [-0.2, 0) is 14.3 Å². The van der Waals surface area contributed by atoms with Crippen LogP contribution in [0.15, 0.2) is 48.5 Å². The minimum Gasteiger partial charge on any atom is -0.449 e. The maximum atomic E-state index is 12.1. The van der Waals surface area contributed by atoms with Gasteiger partial charge in [-0.25, -0.2) is 4.79 Å². The molecule has 0 aliphatic carbocycles. The number of hydrogen-bond acceptors (Lipinski definition) is 4. The molecule has 2 aromatic carbocycles. The normalized spacial score (nSPS) is 11.6. The number of benzene rings is 2. The number of anilines is 1. The molecular formula is C20H17ClN2O3. The molecule has 2 aromatic rings. The zero-order valence-electron chi connectivity index (χ0n) is 14.3. The van der Waals surface area contributed by atoms with Crippen LogP contribution in [0.1, 0.15) is 23.6 Å². The molecule has 0 spiro atoms.